The Hall–Kier alpha value is -2.21. The monoisotopic (exact) mass is 329 g/mol. The molecule has 0 bridgehead atoms. The van der Waals surface area contributed by atoms with Crippen molar-refractivity contribution in [2.45, 2.75) is 26.2 Å². The van der Waals surface area contributed by atoms with Crippen LogP contribution in [-0.4, -0.2) is 48.8 Å². The average molecular weight is 329 g/mol. The summed E-state index contributed by atoms with van der Waals surface area (Å²) in [5, 5.41) is 9.39. The largest absolute Gasteiger partial charge is 0.466 e. The van der Waals surface area contributed by atoms with E-state index in [2.05, 4.69) is 10.4 Å². The fourth-order valence-corrected chi connectivity index (χ4v) is 3.43. The fourth-order valence-electron chi connectivity index (χ4n) is 3.43. The molecule has 3 rings (SSSR count). The lowest BCUT2D eigenvalue weighted by Crippen LogP contribution is -2.47. The third kappa shape index (κ3) is 3.06. The van der Waals surface area contributed by atoms with Crippen molar-refractivity contribution in [1.29, 1.82) is 0 Å². The lowest BCUT2D eigenvalue weighted by molar-refractivity contribution is -0.144. The van der Waals surface area contributed by atoms with E-state index in [1.165, 1.54) is 5.01 Å². The Bertz CT molecular complexity index is 636. The van der Waals surface area contributed by atoms with Gasteiger partial charge in [-0.2, -0.15) is 5.10 Å². The highest BCUT2D eigenvalue weighted by Gasteiger charge is 2.51. The van der Waals surface area contributed by atoms with Crippen molar-refractivity contribution in [2.24, 2.45) is 10.5 Å². The van der Waals surface area contributed by atoms with Crippen LogP contribution >= 0.6 is 0 Å². The zero-order valence-electron chi connectivity index (χ0n) is 14.0. The molecule has 1 saturated heterocycles. The molecular weight excluding hydrogens is 306 g/mol. The number of benzene rings is 1. The number of nitrogens with zero attached hydrogens (tertiary/aromatic N) is 2. The summed E-state index contributed by atoms with van der Waals surface area (Å²) in [7, 11) is 0. The van der Waals surface area contributed by atoms with E-state index in [1.54, 1.807) is 6.92 Å². The molecule has 0 aliphatic carbocycles. The number of amides is 1. The predicted molar refractivity (Wildman–Crippen MR) is 90.5 cm³/mol. The summed E-state index contributed by atoms with van der Waals surface area (Å²) in [4.78, 5) is 24.7. The van der Waals surface area contributed by atoms with E-state index in [0.717, 1.165) is 37.2 Å². The number of hydrogen-bond donors (Lipinski definition) is 1. The first kappa shape index (κ1) is 16.6. The van der Waals surface area contributed by atoms with Gasteiger partial charge in [0.1, 0.15) is 0 Å². The highest BCUT2D eigenvalue weighted by Crippen LogP contribution is 2.40. The molecule has 0 aromatic heterocycles. The van der Waals surface area contributed by atoms with Gasteiger partial charge in [-0.1, -0.05) is 30.3 Å². The van der Waals surface area contributed by atoms with E-state index in [4.69, 9.17) is 4.74 Å². The molecule has 2 aliphatic rings. The number of nitrogens with one attached hydrogen (secondary N) is 1. The lowest BCUT2D eigenvalue weighted by Gasteiger charge is -2.33. The molecular formula is C18H23N3O3. The van der Waals surface area contributed by atoms with Crippen molar-refractivity contribution in [3.05, 3.63) is 35.9 Å². The Morgan fingerprint density at radius 2 is 2.00 bits per heavy atom. The van der Waals surface area contributed by atoms with Crippen molar-refractivity contribution in [3.63, 3.8) is 0 Å². The molecule has 1 aromatic rings. The number of hydrazone groups is 1. The maximum atomic E-state index is 13.1. The smallest absolute Gasteiger partial charge is 0.307 e. The minimum absolute atomic E-state index is 0.00662. The van der Waals surface area contributed by atoms with Gasteiger partial charge >= 0.3 is 5.97 Å². The third-order valence-electron chi connectivity index (χ3n) is 4.66. The van der Waals surface area contributed by atoms with Crippen LogP contribution in [0.2, 0.25) is 0 Å². The van der Waals surface area contributed by atoms with Gasteiger partial charge in [0.05, 0.1) is 30.7 Å². The number of carbonyl (C=O) groups excluding carboxylic acids is 2. The SMILES string of the molecule is CCOC(=O)CCN1N=C(c2ccccc2)C2(CCNCC2)C1=O. The van der Waals surface area contributed by atoms with Gasteiger partial charge in [-0.05, 0) is 38.4 Å². The summed E-state index contributed by atoms with van der Waals surface area (Å²) in [6.07, 6.45) is 1.63. The van der Waals surface area contributed by atoms with Gasteiger partial charge in [0.2, 0.25) is 0 Å². The van der Waals surface area contributed by atoms with Gasteiger partial charge in [-0.25, -0.2) is 5.01 Å². The third-order valence-corrected chi connectivity index (χ3v) is 4.66. The summed E-state index contributed by atoms with van der Waals surface area (Å²) >= 11 is 0. The van der Waals surface area contributed by atoms with Crippen LogP contribution in [-0.2, 0) is 14.3 Å². The predicted octanol–water partition coefficient (Wildman–Crippen LogP) is 1.56. The van der Waals surface area contributed by atoms with E-state index in [0.29, 0.717) is 6.61 Å². The topological polar surface area (TPSA) is 71.0 Å². The molecule has 0 unspecified atom stereocenters. The van der Waals surface area contributed by atoms with Crippen molar-refractivity contribution in [3.8, 4) is 0 Å². The second-order valence-corrected chi connectivity index (χ2v) is 6.13. The van der Waals surface area contributed by atoms with Gasteiger partial charge in [0, 0.05) is 0 Å². The zero-order valence-corrected chi connectivity index (χ0v) is 14.0. The summed E-state index contributed by atoms with van der Waals surface area (Å²) in [6, 6.07) is 9.85. The molecule has 128 valence electrons. The maximum absolute atomic E-state index is 13.1. The molecule has 6 heteroatoms. The molecule has 0 radical (unpaired) electrons. The standard InChI is InChI=1S/C18H23N3O3/c1-2-24-15(22)8-13-21-17(23)18(9-11-19-12-10-18)16(20-21)14-6-4-3-5-7-14/h3-7,19H,2,8-13H2,1H3. The summed E-state index contributed by atoms with van der Waals surface area (Å²) < 4.78 is 4.95. The highest BCUT2D eigenvalue weighted by molar-refractivity contribution is 6.19. The molecule has 2 aliphatic heterocycles. The number of hydrogen-bond acceptors (Lipinski definition) is 5. The molecule has 24 heavy (non-hydrogen) atoms. The second-order valence-electron chi connectivity index (χ2n) is 6.13. The van der Waals surface area contributed by atoms with E-state index in [9.17, 15) is 9.59 Å². The van der Waals surface area contributed by atoms with Crippen molar-refractivity contribution < 1.29 is 14.3 Å². The Labute approximate surface area is 141 Å². The van der Waals surface area contributed by atoms with E-state index < -0.39 is 5.41 Å². The van der Waals surface area contributed by atoms with Crippen LogP contribution in [0.3, 0.4) is 0 Å². The average Bonchev–Trinajstić information content (AvgIpc) is 2.87. The van der Waals surface area contributed by atoms with Gasteiger partial charge in [0.15, 0.2) is 0 Å². The fraction of sp³-hybridized carbons (Fsp3) is 0.500. The van der Waals surface area contributed by atoms with Gasteiger partial charge in [0.25, 0.3) is 5.91 Å². The molecule has 1 spiro atoms. The number of rotatable bonds is 5. The number of carbonyl (C=O) groups is 2. The number of ether oxygens (including phenoxy) is 1. The quantitative estimate of drug-likeness (QED) is 0.832. The lowest BCUT2D eigenvalue weighted by atomic mass is 9.72. The van der Waals surface area contributed by atoms with Crippen LogP contribution in [0.4, 0.5) is 0 Å². The van der Waals surface area contributed by atoms with Crippen LogP contribution in [0, 0.1) is 5.41 Å². The van der Waals surface area contributed by atoms with Crippen molar-refractivity contribution >= 4 is 17.6 Å². The molecule has 1 aromatic carbocycles. The Morgan fingerprint density at radius 1 is 1.29 bits per heavy atom. The summed E-state index contributed by atoms with van der Waals surface area (Å²) in [5.41, 5.74) is 1.24. The molecule has 1 N–H and O–H groups in total. The first-order chi connectivity index (χ1) is 11.7. The zero-order chi connectivity index (χ0) is 17.0. The first-order valence-corrected chi connectivity index (χ1v) is 8.50. The molecule has 6 nitrogen and oxygen atoms in total. The molecule has 0 atom stereocenters. The number of esters is 1. The van der Waals surface area contributed by atoms with Crippen LogP contribution in [0.1, 0.15) is 31.7 Å². The van der Waals surface area contributed by atoms with Gasteiger partial charge in [-0.15, -0.1) is 0 Å². The summed E-state index contributed by atoms with van der Waals surface area (Å²) in [6.45, 7) is 3.98. The molecule has 0 saturated carbocycles. The normalized spacial score (nSPS) is 19.5. The minimum Gasteiger partial charge on any atom is -0.466 e. The van der Waals surface area contributed by atoms with Crippen LogP contribution < -0.4 is 5.32 Å². The summed E-state index contributed by atoms with van der Waals surface area (Å²) in [5.74, 6) is -0.292. The second kappa shape index (κ2) is 7.13. The van der Waals surface area contributed by atoms with Crippen molar-refractivity contribution in [2.75, 3.05) is 26.2 Å². The van der Waals surface area contributed by atoms with Gasteiger partial charge < -0.3 is 10.1 Å². The van der Waals surface area contributed by atoms with Crippen LogP contribution in [0.25, 0.3) is 0 Å². The van der Waals surface area contributed by atoms with Crippen LogP contribution in [0.5, 0.6) is 0 Å². The Morgan fingerprint density at radius 3 is 2.67 bits per heavy atom. The van der Waals surface area contributed by atoms with E-state index in [-0.39, 0.29) is 24.8 Å². The first-order valence-electron chi connectivity index (χ1n) is 8.50. The molecule has 2 heterocycles. The van der Waals surface area contributed by atoms with Crippen LogP contribution in [0.15, 0.2) is 35.4 Å². The minimum atomic E-state index is -0.568. The van der Waals surface area contributed by atoms with E-state index >= 15 is 0 Å². The highest BCUT2D eigenvalue weighted by atomic mass is 16.5. The number of piperidine rings is 1. The molecule has 1 amide bonds. The Balaban J connectivity index is 1.85. The van der Waals surface area contributed by atoms with E-state index in [1.807, 2.05) is 30.3 Å². The molecule has 1 fully saturated rings. The van der Waals surface area contributed by atoms with Gasteiger partial charge in [-0.3, -0.25) is 9.59 Å². The Kier molecular flexibility index (Phi) is 4.94. The maximum Gasteiger partial charge on any atom is 0.307 e. The van der Waals surface area contributed by atoms with Crippen molar-refractivity contribution in [1.82, 2.24) is 10.3 Å².